The minimum Gasteiger partial charge on any atom is -0.456 e. The van der Waals surface area contributed by atoms with Gasteiger partial charge < -0.3 is 4.74 Å². The van der Waals surface area contributed by atoms with E-state index in [9.17, 15) is 0 Å². The fourth-order valence-electron chi connectivity index (χ4n) is 6.71. The van der Waals surface area contributed by atoms with Crippen molar-refractivity contribution in [2.75, 3.05) is 0 Å². The van der Waals surface area contributed by atoms with Gasteiger partial charge in [-0.25, -0.2) is 0 Å². The number of rotatable bonds is 2. The van der Waals surface area contributed by atoms with Crippen LogP contribution < -0.4 is 4.74 Å². The van der Waals surface area contributed by atoms with E-state index in [0.717, 1.165) is 17.1 Å². The van der Waals surface area contributed by atoms with Gasteiger partial charge in [-0.15, -0.1) is 0 Å². The van der Waals surface area contributed by atoms with E-state index in [2.05, 4.69) is 146 Å². The normalized spacial score (nSPS) is 12.1. The van der Waals surface area contributed by atoms with Gasteiger partial charge in [0.05, 0.1) is 0 Å². The third kappa shape index (κ3) is 3.36. The van der Waals surface area contributed by atoms with Gasteiger partial charge in [-0.1, -0.05) is 115 Å². The maximum atomic E-state index is 6.37. The van der Waals surface area contributed by atoms with Crippen molar-refractivity contribution in [1.29, 1.82) is 0 Å². The largest absolute Gasteiger partial charge is 0.456 e. The Hall–Kier alpha value is -5.40. The third-order valence-electron chi connectivity index (χ3n) is 8.61. The van der Waals surface area contributed by atoms with E-state index in [-0.39, 0.29) is 0 Å². The lowest BCUT2D eigenvalue weighted by Crippen LogP contribution is -1.97. The summed E-state index contributed by atoms with van der Waals surface area (Å²) in [5.74, 6) is 1.83. The van der Waals surface area contributed by atoms with E-state index in [1.165, 1.54) is 70.9 Å². The zero-order valence-electron chi connectivity index (χ0n) is 22.3. The first-order valence-corrected chi connectivity index (χ1v) is 14.1. The molecule has 1 aliphatic heterocycles. The zero-order valence-corrected chi connectivity index (χ0v) is 22.3. The molecule has 0 amide bonds. The molecule has 1 aliphatic rings. The Labute approximate surface area is 237 Å². The Bertz CT molecular complexity index is 2320. The Kier molecular flexibility index (Phi) is 4.67. The van der Waals surface area contributed by atoms with Gasteiger partial charge in [0, 0.05) is 10.9 Å². The quantitative estimate of drug-likeness (QED) is 0.163. The van der Waals surface area contributed by atoms with Gasteiger partial charge in [-0.3, -0.25) is 0 Å². The van der Waals surface area contributed by atoms with Crippen LogP contribution in [0.5, 0.6) is 11.5 Å². The summed E-state index contributed by atoms with van der Waals surface area (Å²) in [5, 5.41) is 10.0. The SMILES string of the molecule is c1ccc(-c2c3cc(-c4ccc5c(c4)-c4cccc6cccc(c46)O5)ccc3cc3c2ccc2ccccc23)cc1. The highest BCUT2D eigenvalue weighted by atomic mass is 16.5. The highest BCUT2D eigenvalue weighted by Crippen LogP contribution is 2.48. The lowest BCUT2D eigenvalue weighted by Gasteiger charge is -2.22. The van der Waals surface area contributed by atoms with Crippen molar-refractivity contribution in [3.8, 4) is 44.9 Å². The minimum absolute atomic E-state index is 0.906. The number of fused-ring (bicyclic) bond motifs is 6. The Morgan fingerprint density at radius 3 is 2.02 bits per heavy atom. The first-order valence-electron chi connectivity index (χ1n) is 14.1. The summed E-state index contributed by atoms with van der Waals surface area (Å²) in [6.07, 6.45) is 0. The maximum absolute atomic E-state index is 6.37. The third-order valence-corrected chi connectivity index (χ3v) is 8.61. The number of benzene rings is 8. The molecule has 0 aromatic heterocycles. The van der Waals surface area contributed by atoms with Crippen molar-refractivity contribution in [3.05, 3.63) is 146 Å². The molecule has 190 valence electrons. The average molecular weight is 521 g/mol. The maximum Gasteiger partial charge on any atom is 0.135 e. The van der Waals surface area contributed by atoms with Crippen LogP contribution in [0, 0.1) is 0 Å². The molecule has 0 radical (unpaired) electrons. The molecular weight excluding hydrogens is 496 g/mol. The summed E-state index contributed by atoms with van der Waals surface area (Å²) in [6.45, 7) is 0. The fourth-order valence-corrected chi connectivity index (χ4v) is 6.71. The first kappa shape index (κ1) is 22.4. The van der Waals surface area contributed by atoms with Crippen molar-refractivity contribution < 1.29 is 4.74 Å². The van der Waals surface area contributed by atoms with Crippen LogP contribution in [-0.4, -0.2) is 0 Å². The van der Waals surface area contributed by atoms with E-state index < -0.39 is 0 Å². The fraction of sp³-hybridized carbons (Fsp3) is 0. The van der Waals surface area contributed by atoms with Crippen LogP contribution in [0.2, 0.25) is 0 Å². The molecule has 8 aromatic rings. The minimum atomic E-state index is 0.906. The van der Waals surface area contributed by atoms with Crippen molar-refractivity contribution in [2.24, 2.45) is 0 Å². The molecule has 0 unspecified atom stereocenters. The van der Waals surface area contributed by atoms with Crippen molar-refractivity contribution in [2.45, 2.75) is 0 Å². The molecule has 1 heterocycles. The summed E-state index contributed by atoms with van der Waals surface area (Å²) in [7, 11) is 0. The predicted molar refractivity (Wildman–Crippen MR) is 173 cm³/mol. The number of hydrogen-bond acceptors (Lipinski definition) is 1. The molecule has 41 heavy (non-hydrogen) atoms. The summed E-state index contributed by atoms with van der Waals surface area (Å²) in [4.78, 5) is 0. The molecular formula is C40H24O. The van der Waals surface area contributed by atoms with E-state index in [1.54, 1.807) is 0 Å². The van der Waals surface area contributed by atoms with Crippen LogP contribution in [0.15, 0.2) is 146 Å². The number of ether oxygens (including phenoxy) is 1. The molecule has 0 fully saturated rings. The van der Waals surface area contributed by atoms with Crippen LogP contribution in [0.4, 0.5) is 0 Å². The molecule has 0 spiro atoms. The Balaban J connectivity index is 1.30. The van der Waals surface area contributed by atoms with Gasteiger partial charge in [-0.05, 0) is 95.9 Å². The molecule has 9 rings (SSSR count). The molecule has 0 aliphatic carbocycles. The van der Waals surface area contributed by atoms with Crippen LogP contribution in [-0.2, 0) is 0 Å². The average Bonchev–Trinajstić information content (AvgIpc) is 3.04. The van der Waals surface area contributed by atoms with E-state index in [1.807, 2.05) is 0 Å². The topological polar surface area (TPSA) is 9.23 Å². The summed E-state index contributed by atoms with van der Waals surface area (Å²) >= 11 is 0. The number of hydrogen-bond donors (Lipinski definition) is 0. The Morgan fingerprint density at radius 1 is 0.341 bits per heavy atom. The second-order valence-electron chi connectivity index (χ2n) is 10.9. The van der Waals surface area contributed by atoms with Gasteiger partial charge in [0.25, 0.3) is 0 Å². The Morgan fingerprint density at radius 2 is 1.10 bits per heavy atom. The highest BCUT2D eigenvalue weighted by molar-refractivity contribution is 6.20. The molecule has 1 nitrogen and oxygen atoms in total. The van der Waals surface area contributed by atoms with E-state index >= 15 is 0 Å². The second-order valence-corrected chi connectivity index (χ2v) is 10.9. The van der Waals surface area contributed by atoms with E-state index in [4.69, 9.17) is 4.74 Å². The highest BCUT2D eigenvalue weighted by Gasteiger charge is 2.20. The van der Waals surface area contributed by atoms with Gasteiger partial charge >= 0.3 is 0 Å². The molecule has 0 saturated carbocycles. The van der Waals surface area contributed by atoms with Crippen molar-refractivity contribution in [3.63, 3.8) is 0 Å². The lowest BCUT2D eigenvalue weighted by molar-refractivity contribution is 0.487. The summed E-state index contributed by atoms with van der Waals surface area (Å²) < 4.78 is 6.37. The smallest absolute Gasteiger partial charge is 0.135 e. The monoisotopic (exact) mass is 520 g/mol. The second kappa shape index (κ2) is 8.55. The van der Waals surface area contributed by atoms with Gasteiger partial charge in [0.15, 0.2) is 0 Å². The summed E-state index contributed by atoms with van der Waals surface area (Å²) in [5.41, 5.74) is 7.26. The summed E-state index contributed by atoms with van der Waals surface area (Å²) in [6, 6.07) is 52.7. The van der Waals surface area contributed by atoms with Crippen LogP contribution >= 0.6 is 0 Å². The molecule has 0 saturated heterocycles. The van der Waals surface area contributed by atoms with Gasteiger partial charge in [0.1, 0.15) is 11.5 Å². The molecule has 0 atom stereocenters. The molecule has 1 heteroatoms. The molecule has 0 bridgehead atoms. The molecule has 8 aromatic carbocycles. The van der Waals surface area contributed by atoms with E-state index in [0.29, 0.717) is 0 Å². The van der Waals surface area contributed by atoms with Crippen molar-refractivity contribution in [1.82, 2.24) is 0 Å². The van der Waals surface area contributed by atoms with Crippen molar-refractivity contribution >= 4 is 43.1 Å². The van der Waals surface area contributed by atoms with Crippen LogP contribution in [0.1, 0.15) is 0 Å². The predicted octanol–water partition coefficient (Wildman–Crippen LogP) is 11.4. The zero-order chi connectivity index (χ0) is 26.9. The first-order chi connectivity index (χ1) is 20.3. The van der Waals surface area contributed by atoms with Gasteiger partial charge in [0.2, 0.25) is 0 Å². The van der Waals surface area contributed by atoms with Crippen LogP contribution in [0.25, 0.3) is 76.5 Å². The lowest BCUT2D eigenvalue weighted by atomic mass is 9.88. The standard InChI is InChI=1S/C40H24O/c1-2-9-26(10-3-1)39-33-20-18-25-8-4-5-13-31(25)35(33)24-30-17-16-28(22-34(30)39)29-19-21-37-36(23-29)32-14-6-11-27-12-7-15-38(41-37)40(27)32/h1-24H. The van der Waals surface area contributed by atoms with Crippen LogP contribution in [0.3, 0.4) is 0 Å². The molecule has 0 N–H and O–H groups in total. The van der Waals surface area contributed by atoms with Gasteiger partial charge in [-0.2, -0.15) is 0 Å².